The van der Waals surface area contributed by atoms with Crippen LogP contribution in [0.1, 0.15) is 44.9 Å². The molecule has 1 aromatic heterocycles. The second-order valence-electron chi connectivity index (χ2n) is 7.91. The Morgan fingerprint density at radius 2 is 1.62 bits per heavy atom. The predicted molar refractivity (Wildman–Crippen MR) is 112 cm³/mol. The zero-order valence-corrected chi connectivity index (χ0v) is 17.0. The first kappa shape index (κ1) is 20.3. The molecule has 2 N–H and O–H groups in total. The third-order valence-electron chi connectivity index (χ3n) is 4.64. The number of carbonyl (C=O) groups excluding carboxylic acids is 2. The second-order valence-corrected chi connectivity index (χ2v) is 7.91. The number of nitrogens with zero attached hydrogens (tertiary/aromatic N) is 3. The molecule has 2 amide bonds. The maximum Gasteiger partial charge on any atom is 0.313 e. The summed E-state index contributed by atoms with van der Waals surface area (Å²) in [4.78, 5) is 28.4. The highest BCUT2D eigenvalue weighted by Gasteiger charge is 2.18. The van der Waals surface area contributed by atoms with Crippen LogP contribution in [0.5, 0.6) is 0 Å². The fourth-order valence-corrected chi connectivity index (χ4v) is 2.84. The standard InChI is InChI=1S/C22H25N5O2/c1-15(16-5-7-17(8-6-16)22(2,3)4)25-20(28)21(29)26-18-9-11-19(12-10-18)27-14-23-13-24-27/h5-15H,1-4H3,(H,25,28)(H,26,29). The van der Waals surface area contributed by atoms with Crippen LogP contribution in [0.25, 0.3) is 5.69 Å². The number of aromatic nitrogens is 3. The summed E-state index contributed by atoms with van der Waals surface area (Å²) in [5.41, 5.74) is 3.55. The van der Waals surface area contributed by atoms with Gasteiger partial charge in [-0.25, -0.2) is 9.67 Å². The molecular weight excluding hydrogens is 366 g/mol. The molecule has 3 aromatic rings. The Balaban J connectivity index is 1.58. The van der Waals surface area contributed by atoms with E-state index < -0.39 is 11.8 Å². The maximum atomic E-state index is 12.3. The molecule has 2 aromatic carbocycles. The average molecular weight is 391 g/mol. The van der Waals surface area contributed by atoms with E-state index in [2.05, 4.69) is 53.6 Å². The van der Waals surface area contributed by atoms with Crippen LogP contribution >= 0.6 is 0 Å². The normalized spacial score (nSPS) is 12.3. The van der Waals surface area contributed by atoms with Gasteiger partial charge in [0.15, 0.2) is 0 Å². The van der Waals surface area contributed by atoms with E-state index in [9.17, 15) is 9.59 Å². The van der Waals surface area contributed by atoms with Gasteiger partial charge >= 0.3 is 11.8 Å². The van der Waals surface area contributed by atoms with Crippen LogP contribution < -0.4 is 10.6 Å². The van der Waals surface area contributed by atoms with Crippen LogP contribution in [-0.2, 0) is 15.0 Å². The molecule has 0 aliphatic heterocycles. The van der Waals surface area contributed by atoms with E-state index in [1.807, 2.05) is 19.1 Å². The van der Waals surface area contributed by atoms with Crippen molar-refractivity contribution in [3.63, 3.8) is 0 Å². The summed E-state index contributed by atoms with van der Waals surface area (Å²) in [5.74, 6) is -1.39. The van der Waals surface area contributed by atoms with E-state index in [0.29, 0.717) is 5.69 Å². The molecule has 0 spiro atoms. The Morgan fingerprint density at radius 3 is 2.17 bits per heavy atom. The summed E-state index contributed by atoms with van der Waals surface area (Å²) in [7, 11) is 0. The van der Waals surface area contributed by atoms with Crippen molar-refractivity contribution in [2.24, 2.45) is 0 Å². The molecule has 29 heavy (non-hydrogen) atoms. The van der Waals surface area contributed by atoms with Crippen molar-refractivity contribution >= 4 is 17.5 Å². The summed E-state index contributed by atoms with van der Waals surface area (Å²) in [6.45, 7) is 8.30. The molecule has 7 heteroatoms. The molecule has 1 heterocycles. The van der Waals surface area contributed by atoms with Crippen LogP contribution in [0, 0.1) is 0 Å². The molecule has 0 radical (unpaired) electrons. The first-order valence-corrected chi connectivity index (χ1v) is 9.41. The van der Waals surface area contributed by atoms with Gasteiger partial charge in [-0.05, 0) is 47.7 Å². The van der Waals surface area contributed by atoms with Gasteiger partial charge in [-0.15, -0.1) is 0 Å². The molecule has 7 nitrogen and oxygen atoms in total. The van der Waals surface area contributed by atoms with Crippen molar-refractivity contribution in [3.8, 4) is 5.69 Å². The van der Waals surface area contributed by atoms with E-state index in [-0.39, 0.29) is 11.5 Å². The number of hydrogen-bond acceptors (Lipinski definition) is 4. The summed E-state index contributed by atoms with van der Waals surface area (Å²) in [6, 6.07) is 14.7. The zero-order chi connectivity index (χ0) is 21.0. The quantitative estimate of drug-likeness (QED) is 0.667. The molecular formula is C22H25N5O2. The van der Waals surface area contributed by atoms with Crippen LogP contribution in [0.15, 0.2) is 61.2 Å². The highest BCUT2D eigenvalue weighted by molar-refractivity contribution is 6.39. The lowest BCUT2D eigenvalue weighted by Gasteiger charge is -2.20. The van der Waals surface area contributed by atoms with E-state index in [0.717, 1.165) is 11.3 Å². The molecule has 3 rings (SSSR count). The van der Waals surface area contributed by atoms with Gasteiger partial charge in [0.2, 0.25) is 0 Å². The number of benzene rings is 2. The SMILES string of the molecule is CC(NC(=O)C(=O)Nc1ccc(-n2cncn2)cc1)c1ccc(C(C)(C)C)cc1. The monoisotopic (exact) mass is 391 g/mol. The van der Waals surface area contributed by atoms with Crippen LogP contribution in [0.2, 0.25) is 0 Å². The van der Waals surface area contributed by atoms with Crippen molar-refractivity contribution in [3.05, 3.63) is 72.3 Å². The molecule has 0 fully saturated rings. The molecule has 150 valence electrons. The lowest BCUT2D eigenvalue weighted by molar-refractivity contribution is -0.136. The minimum absolute atomic E-state index is 0.0639. The van der Waals surface area contributed by atoms with E-state index in [4.69, 9.17) is 0 Å². The van der Waals surface area contributed by atoms with Gasteiger partial charge in [0.1, 0.15) is 12.7 Å². The van der Waals surface area contributed by atoms with Crippen LogP contribution in [-0.4, -0.2) is 26.6 Å². The van der Waals surface area contributed by atoms with Crippen molar-refractivity contribution < 1.29 is 9.59 Å². The molecule has 0 saturated carbocycles. The Morgan fingerprint density at radius 1 is 0.966 bits per heavy atom. The topological polar surface area (TPSA) is 88.9 Å². The Bertz CT molecular complexity index is 972. The molecule has 1 unspecified atom stereocenters. The van der Waals surface area contributed by atoms with Crippen molar-refractivity contribution in [2.75, 3.05) is 5.32 Å². The summed E-state index contributed by atoms with van der Waals surface area (Å²) in [6.07, 6.45) is 3.02. The van der Waals surface area contributed by atoms with Crippen molar-refractivity contribution in [2.45, 2.75) is 39.2 Å². The van der Waals surface area contributed by atoms with Gasteiger partial charge in [-0.3, -0.25) is 9.59 Å². The molecule has 0 saturated heterocycles. The van der Waals surface area contributed by atoms with Crippen LogP contribution in [0.4, 0.5) is 5.69 Å². The highest BCUT2D eigenvalue weighted by Crippen LogP contribution is 2.24. The van der Waals surface area contributed by atoms with E-state index in [1.54, 1.807) is 35.3 Å². The van der Waals surface area contributed by atoms with E-state index >= 15 is 0 Å². The van der Waals surface area contributed by atoms with E-state index in [1.165, 1.54) is 11.9 Å². The fraction of sp³-hybridized carbons (Fsp3) is 0.273. The molecule has 0 aliphatic carbocycles. The number of anilines is 1. The predicted octanol–water partition coefficient (Wildman–Crippen LogP) is 3.38. The molecule has 0 bridgehead atoms. The Kier molecular flexibility index (Phi) is 5.77. The van der Waals surface area contributed by atoms with Crippen LogP contribution in [0.3, 0.4) is 0 Å². The third kappa shape index (κ3) is 5.07. The summed E-state index contributed by atoms with van der Waals surface area (Å²) in [5, 5.41) is 9.38. The first-order valence-electron chi connectivity index (χ1n) is 9.41. The smallest absolute Gasteiger partial charge is 0.313 e. The lowest BCUT2D eigenvalue weighted by Crippen LogP contribution is -2.36. The van der Waals surface area contributed by atoms with Crippen molar-refractivity contribution in [1.82, 2.24) is 20.1 Å². The molecule has 1 atom stereocenters. The zero-order valence-electron chi connectivity index (χ0n) is 17.0. The van der Waals surface area contributed by atoms with Gasteiger partial charge in [0, 0.05) is 5.69 Å². The highest BCUT2D eigenvalue weighted by atomic mass is 16.2. The van der Waals surface area contributed by atoms with Gasteiger partial charge in [-0.2, -0.15) is 5.10 Å². The molecule has 0 aliphatic rings. The fourth-order valence-electron chi connectivity index (χ4n) is 2.84. The Labute approximate surface area is 170 Å². The van der Waals surface area contributed by atoms with Gasteiger partial charge < -0.3 is 10.6 Å². The first-order chi connectivity index (χ1) is 13.7. The minimum atomic E-state index is -0.711. The second kappa shape index (κ2) is 8.26. The lowest BCUT2D eigenvalue weighted by atomic mass is 9.86. The van der Waals surface area contributed by atoms with Gasteiger partial charge in [0.25, 0.3) is 0 Å². The minimum Gasteiger partial charge on any atom is -0.341 e. The number of amides is 2. The summed E-state index contributed by atoms with van der Waals surface area (Å²) >= 11 is 0. The van der Waals surface area contributed by atoms with Crippen molar-refractivity contribution in [1.29, 1.82) is 0 Å². The maximum absolute atomic E-state index is 12.3. The largest absolute Gasteiger partial charge is 0.341 e. The number of rotatable bonds is 4. The van der Waals surface area contributed by atoms with Gasteiger partial charge in [0.05, 0.1) is 11.7 Å². The third-order valence-corrected chi connectivity index (χ3v) is 4.64. The number of carbonyl (C=O) groups is 2. The summed E-state index contributed by atoms with van der Waals surface area (Å²) < 4.78 is 1.60. The number of nitrogens with one attached hydrogen (secondary N) is 2. The number of hydrogen-bond donors (Lipinski definition) is 2. The average Bonchev–Trinajstić information content (AvgIpc) is 3.22. The Hall–Kier alpha value is -3.48. The van der Waals surface area contributed by atoms with Gasteiger partial charge in [-0.1, -0.05) is 45.0 Å².